The number of anilines is 1. The highest BCUT2D eigenvalue weighted by Crippen LogP contribution is 2.15. The second-order valence-corrected chi connectivity index (χ2v) is 5.15. The molecule has 0 aliphatic carbocycles. The first-order valence-corrected chi connectivity index (χ1v) is 6.78. The summed E-state index contributed by atoms with van der Waals surface area (Å²) >= 11 is 3.03. The van der Waals surface area contributed by atoms with Crippen molar-refractivity contribution >= 4 is 33.5 Å². The molecule has 21 heavy (non-hydrogen) atoms. The van der Waals surface area contributed by atoms with Gasteiger partial charge in [-0.2, -0.15) is 4.68 Å². The minimum atomic E-state index is -0.720. The predicted octanol–water partition coefficient (Wildman–Crippen LogP) is 2.20. The van der Waals surface area contributed by atoms with Gasteiger partial charge in [0.05, 0.1) is 0 Å². The number of rotatable bonds is 4. The van der Waals surface area contributed by atoms with Crippen LogP contribution in [-0.4, -0.2) is 25.6 Å². The summed E-state index contributed by atoms with van der Waals surface area (Å²) in [6.07, 6.45) is 0. The highest BCUT2D eigenvalue weighted by Gasteiger charge is 2.21. The van der Waals surface area contributed by atoms with Crippen molar-refractivity contribution < 1.29 is 9.72 Å². The average molecular weight is 354 g/mol. The zero-order valence-electron chi connectivity index (χ0n) is 11.3. The maximum absolute atomic E-state index is 11.9. The minimum Gasteiger partial charge on any atom is -0.390 e. The first-order chi connectivity index (χ1) is 9.86. The van der Waals surface area contributed by atoms with E-state index in [-0.39, 0.29) is 17.2 Å². The van der Waals surface area contributed by atoms with Gasteiger partial charge < -0.3 is 15.4 Å². The number of hydrogen-bond acceptors (Lipinski definition) is 5. The molecule has 1 aromatic heterocycles. The topological polar surface area (TPSA) is 103 Å². The normalized spacial score (nSPS) is 10.4. The van der Waals surface area contributed by atoms with Gasteiger partial charge in [-0.15, -0.1) is 0 Å². The molecule has 0 bridgehead atoms. The Labute approximate surface area is 128 Å². The number of nitrogens with zero attached hydrogens (tertiary/aromatic N) is 4. The fraction of sp³-hybridized carbons (Fsp3) is 0.250. The summed E-state index contributed by atoms with van der Waals surface area (Å²) in [6, 6.07) is 5.55. The molecule has 110 valence electrons. The lowest BCUT2D eigenvalue weighted by Gasteiger charge is -2.06. The van der Waals surface area contributed by atoms with Gasteiger partial charge in [-0.3, -0.25) is 4.79 Å². The molecule has 0 radical (unpaired) electrons. The van der Waals surface area contributed by atoms with Crippen LogP contribution in [0, 0.1) is 24.0 Å². The van der Waals surface area contributed by atoms with Crippen LogP contribution in [-0.2, 0) is 11.3 Å². The highest BCUT2D eigenvalue weighted by molar-refractivity contribution is 9.10. The third-order valence-corrected chi connectivity index (χ3v) is 3.45. The van der Waals surface area contributed by atoms with E-state index in [1.54, 1.807) is 6.07 Å². The SMILES string of the molecule is Cc1ccc(NC(=O)Cn2nc([N+](=O)[O-])nc2Br)cc1C. The average Bonchev–Trinajstić information content (AvgIpc) is 2.76. The molecule has 1 N–H and O–H groups in total. The van der Waals surface area contributed by atoms with Crippen LogP contribution in [0.15, 0.2) is 22.9 Å². The van der Waals surface area contributed by atoms with Crippen molar-refractivity contribution in [1.29, 1.82) is 0 Å². The summed E-state index contributed by atoms with van der Waals surface area (Å²) in [5.74, 6) is -0.903. The molecule has 0 saturated heterocycles. The lowest BCUT2D eigenvalue weighted by Crippen LogP contribution is -2.19. The Morgan fingerprint density at radius 3 is 2.71 bits per heavy atom. The van der Waals surface area contributed by atoms with Gasteiger partial charge in [0.1, 0.15) is 6.54 Å². The van der Waals surface area contributed by atoms with Crippen molar-refractivity contribution in [3.05, 3.63) is 44.2 Å². The molecule has 0 unspecified atom stereocenters. The first kappa shape index (κ1) is 15.1. The molecular formula is C12H12BrN5O3. The van der Waals surface area contributed by atoms with Crippen molar-refractivity contribution in [3.8, 4) is 0 Å². The molecule has 0 aliphatic heterocycles. The molecule has 0 atom stereocenters. The van der Waals surface area contributed by atoms with Gasteiger partial charge in [-0.25, -0.2) is 0 Å². The zero-order chi connectivity index (χ0) is 15.6. The Kier molecular flexibility index (Phi) is 4.32. The van der Waals surface area contributed by atoms with Crippen molar-refractivity contribution in [2.45, 2.75) is 20.4 Å². The maximum Gasteiger partial charge on any atom is 0.492 e. The van der Waals surface area contributed by atoms with Gasteiger partial charge in [-0.1, -0.05) is 6.07 Å². The van der Waals surface area contributed by atoms with Crippen LogP contribution in [0.2, 0.25) is 0 Å². The number of benzene rings is 1. The van der Waals surface area contributed by atoms with E-state index in [1.807, 2.05) is 26.0 Å². The second-order valence-electron chi connectivity index (χ2n) is 4.44. The van der Waals surface area contributed by atoms with E-state index in [2.05, 4.69) is 31.3 Å². The predicted molar refractivity (Wildman–Crippen MR) is 78.9 cm³/mol. The molecule has 2 rings (SSSR count). The van der Waals surface area contributed by atoms with Crippen LogP contribution in [0.3, 0.4) is 0 Å². The number of carbonyl (C=O) groups excluding carboxylic acids is 1. The van der Waals surface area contributed by atoms with Crippen LogP contribution in [0.4, 0.5) is 11.6 Å². The Hall–Kier alpha value is -2.29. The van der Waals surface area contributed by atoms with Crippen molar-refractivity contribution in [3.63, 3.8) is 0 Å². The van der Waals surface area contributed by atoms with E-state index < -0.39 is 10.9 Å². The number of aryl methyl sites for hydroxylation is 2. The summed E-state index contributed by atoms with van der Waals surface area (Å²) in [6.45, 7) is 3.75. The number of aromatic nitrogens is 3. The third kappa shape index (κ3) is 3.63. The van der Waals surface area contributed by atoms with Gasteiger partial charge in [0, 0.05) is 26.7 Å². The van der Waals surface area contributed by atoms with Crippen LogP contribution >= 0.6 is 15.9 Å². The molecule has 0 aliphatic rings. The number of halogens is 1. The van der Waals surface area contributed by atoms with Gasteiger partial charge in [0.25, 0.3) is 4.73 Å². The number of nitrogens with one attached hydrogen (secondary N) is 1. The van der Waals surface area contributed by atoms with E-state index in [0.717, 1.165) is 15.8 Å². The fourth-order valence-corrected chi connectivity index (χ4v) is 2.01. The highest BCUT2D eigenvalue weighted by atomic mass is 79.9. The van der Waals surface area contributed by atoms with Gasteiger partial charge >= 0.3 is 5.95 Å². The summed E-state index contributed by atoms with van der Waals surface area (Å²) in [4.78, 5) is 25.3. The molecule has 2 aromatic rings. The third-order valence-electron chi connectivity index (χ3n) is 2.86. The summed E-state index contributed by atoms with van der Waals surface area (Å²) in [5, 5.41) is 16.9. The van der Waals surface area contributed by atoms with Crippen LogP contribution in [0.5, 0.6) is 0 Å². The fourth-order valence-electron chi connectivity index (χ4n) is 1.65. The van der Waals surface area contributed by atoms with Crippen molar-refractivity contribution in [2.75, 3.05) is 5.32 Å². The first-order valence-electron chi connectivity index (χ1n) is 5.98. The van der Waals surface area contributed by atoms with E-state index in [9.17, 15) is 14.9 Å². The Balaban J connectivity index is 2.07. The quantitative estimate of drug-likeness (QED) is 0.670. The zero-order valence-corrected chi connectivity index (χ0v) is 12.9. The smallest absolute Gasteiger partial charge is 0.390 e. The lowest BCUT2D eigenvalue weighted by molar-refractivity contribution is -0.394. The molecule has 1 heterocycles. The maximum atomic E-state index is 11.9. The van der Waals surface area contributed by atoms with Crippen LogP contribution < -0.4 is 5.32 Å². The molecule has 8 nitrogen and oxygen atoms in total. The molecule has 0 saturated carbocycles. The van der Waals surface area contributed by atoms with Crippen molar-refractivity contribution in [2.24, 2.45) is 0 Å². The lowest BCUT2D eigenvalue weighted by atomic mass is 10.1. The summed E-state index contributed by atoms with van der Waals surface area (Å²) < 4.78 is 1.25. The molecule has 1 aromatic carbocycles. The summed E-state index contributed by atoms with van der Waals surface area (Å²) in [7, 11) is 0. The Morgan fingerprint density at radius 1 is 1.43 bits per heavy atom. The standard InChI is InChI=1S/C12H12BrN5O3/c1-7-3-4-9(5-8(7)2)14-10(19)6-17-11(13)15-12(16-17)18(20)21/h3-5H,6H2,1-2H3,(H,14,19). The van der Waals surface area contributed by atoms with E-state index >= 15 is 0 Å². The summed E-state index contributed by atoms with van der Waals surface area (Å²) in [5.41, 5.74) is 2.85. The van der Waals surface area contributed by atoms with E-state index in [1.165, 1.54) is 0 Å². The Morgan fingerprint density at radius 2 is 2.14 bits per heavy atom. The molecule has 0 spiro atoms. The molecule has 9 heteroatoms. The van der Waals surface area contributed by atoms with Crippen molar-refractivity contribution in [1.82, 2.24) is 14.8 Å². The largest absolute Gasteiger partial charge is 0.492 e. The number of amides is 1. The van der Waals surface area contributed by atoms with Gasteiger partial charge in [0.2, 0.25) is 5.91 Å². The monoisotopic (exact) mass is 353 g/mol. The van der Waals surface area contributed by atoms with Gasteiger partial charge in [-0.05, 0) is 47.0 Å². The van der Waals surface area contributed by atoms with E-state index in [0.29, 0.717) is 5.69 Å². The second kappa shape index (κ2) is 6.00. The minimum absolute atomic E-state index is 0.129. The number of hydrogen-bond donors (Lipinski definition) is 1. The molecule has 0 fully saturated rings. The molecular weight excluding hydrogens is 342 g/mol. The Bertz CT molecular complexity index is 713. The van der Waals surface area contributed by atoms with Gasteiger partial charge in [0.15, 0.2) is 0 Å². The van der Waals surface area contributed by atoms with E-state index in [4.69, 9.17) is 0 Å². The molecule has 1 amide bonds. The van der Waals surface area contributed by atoms with Crippen LogP contribution in [0.25, 0.3) is 0 Å². The number of nitro groups is 1. The van der Waals surface area contributed by atoms with Crippen LogP contribution in [0.1, 0.15) is 11.1 Å². The number of carbonyl (C=O) groups is 1.